The monoisotopic (exact) mass is 359 g/mol. The number of rotatable bonds is 5. The predicted molar refractivity (Wildman–Crippen MR) is 102 cm³/mol. The minimum atomic E-state index is 0.205. The van der Waals surface area contributed by atoms with Crippen LogP contribution in [0.3, 0.4) is 0 Å². The van der Waals surface area contributed by atoms with Crippen LogP contribution >= 0.6 is 11.5 Å². The SMILES string of the molecule is CCc1nsc(N2CCCN(C(=O)CCc3ccccc3N)CC2)n1. The second-order valence-electron chi connectivity index (χ2n) is 6.27. The van der Waals surface area contributed by atoms with Crippen molar-refractivity contribution in [3.63, 3.8) is 0 Å². The zero-order valence-corrected chi connectivity index (χ0v) is 15.5. The Morgan fingerprint density at radius 1 is 1.24 bits per heavy atom. The molecule has 0 atom stereocenters. The largest absolute Gasteiger partial charge is 0.399 e. The summed E-state index contributed by atoms with van der Waals surface area (Å²) in [7, 11) is 0. The lowest BCUT2D eigenvalue weighted by Crippen LogP contribution is -2.35. The quantitative estimate of drug-likeness (QED) is 0.830. The van der Waals surface area contributed by atoms with Crippen molar-refractivity contribution in [1.29, 1.82) is 0 Å². The van der Waals surface area contributed by atoms with Crippen molar-refractivity contribution in [2.24, 2.45) is 0 Å². The Kier molecular flexibility index (Phi) is 5.86. The molecule has 1 fully saturated rings. The van der Waals surface area contributed by atoms with E-state index in [9.17, 15) is 4.79 Å². The van der Waals surface area contributed by atoms with Gasteiger partial charge >= 0.3 is 0 Å². The van der Waals surface area contributed by atoms with E-state index in [1.807, 2.05) is 29.2 Å². The standard InChI is InChI=1S/C18H25N5OS/c1-2-16-20-18(25-21-16)23-11-5-10-22(12-13-23)17(24)9-8-14-6-3-4-7-15(14)19/h3-4,6-7H,2,5,8-13,19H2,1H3. The Balaban J connectivity index is 1.53. The van der Waals surface area contributed by atoms with E-state index in [0.717, 1.165) is 61.2 Å². The fourth-order valence-electron chi connectivity index (χ4n) is 3.04. The summed E-state index contributed by atoms with van der Waals surface area (Å²) in [6.45, 7) is 5.35. The molecule has 6 nitrogen and oxygen atoms in total. The summed E-state index contributed by atoms with van der Waals surface area (Å²) in [4.78, 5) is 21.4. The number of nitrogens with two attached hydrogens (primary N) is 1. The molecule has 0 aliphatic carbocycles. The number of nitrogens with zero attached hydrogens (tertiary/aromatic N) is 4. The Morgan fingerprint density at radius 2 is 2.08 bits per heavy atom. The van der Waals surface area contributed by atoms with Crippen LogP contribution in [-0.2, 0) is 17.6 Å². The molecule has 2 heterocycles. The van der Waals surface area contributed by atoms with E-state index in [2.05, 4.69) is 21.2 Å². The van der Waals surface area contributed by atoms with E-state index in [1.54, 1.807) is 0 Å². The smallest absolute Gasteiger partial charge is 0.222 e. The molecule has 2 N–H and O–H groups in total. The number of aromatic nitrogens is 2. The van der Waals surface area contributed by atoms with Gasteiger partial charge in [0.2, 0.25) is 11.0 Å². The van der Waals surface area contributed by atoms with Crippen molar-refractivity contribution in [3.05, 3.63) is 35.7 Å². The van der Waals surface area contributed by atoms with Crippen LogP contribution in [0, 0.1) is 0 Å². The maximum absolute atomic E-state index is 12.6. The number of hydrogen-bond donors (Lipinski definition) is 1. The van der Waals surface area contributed by atoms with Crippen LogP contribution < -0.4 is 10.6 Å². The van der Waals surface area contributed by atoms with E-state index in [-0.39, 0.29) is 5.91 Å². The number of amides is 1. The zero-order chi connectivity index (χ0) is 17.6. The highest BCUT2D eigenvalue weighted by Crippen LogP contribution is 2.20. The van der Waals surface area contributed by atoms with Gasteiger partial charge in [0.25, 0.3) is 0 Å². The number of hydrogen-bond acceptors (Lipinski definition) is 6. The molecule has 3 rings (SSSR count). The summed E-state index contributed by atoms with van der Waals surface area (Å²) in [5.74, 6) is 1.11. The van der Waals surface area contributed by atoms with E-state index in [4.69, 9.17) is 5.73 Å². The molecule has 1 aliphatic rings. The number of carbonyl (C=O) groups is 1. The van der Waals surface area contributed by atoms with Gasteiger partial charge in [0.05, 0.1) is 0 Å². The fraction of sp³-hybridized carbons (Fsp3) is 0.500. The molecule has 0 saturated carbocycles. The Labute approximate surface area is 152 Å². The summed E-state index contributed by atoms with van der Waals surface area (Å²) in [5, 5.41) is 0.975. The number of para-hydroxylation sites is 1. The minimum Gasteiger partial charge on any atom is -0.399 e. The summed E-state index contributed by atoms with van der Waals surface area (Å²) in [5.41, 5.74) is 7.78. The highest BCUT2D eigenvalue weighted by atomic mass is 32.1. The van der Waals surface area contributed by atoms with Crippen LogP contribution in [0.5, 0.6) is 0 Å². The molecule has 1 saturated heterocycles. The van der Waals surface area contributed by atoms with Crippen LogP contribution in [0.25, 0.3) is 0 Å². The molecule has 1 aliphatic heterocycles. The zero-order valence-electron chi connectivity index (χ0n) is 14.6. The third kappa shape index (κ3) is 4.48. The molecule has 134 valence electrons. The highest BCUT2D eigenvalue weighted by molar-refractivity contribution is 7.09. The van der Waals surface area contributed by atoms with E-state index in [0.29, 0.717) is 12.8 Å². The normalized spacial score (nSPS) is 15.2. The number of benzene rings is 1. The average molecular weight is 359 g/mol. The minimum absolute atomic E-state index is 0.205. The molecule has 0 radical (unpaired) electrons. The van der Waals surface area contributed by atoms with Gasteiger partial charge in [0.15, 0.2) is 0 Å². The summed E-state index contributed by atoms with van der Waals surface area (Å²) < 4.78 is 4.36. The van der Waals surface area contributed by atoms with Gasteiger partial charge in [-0.15, -0.1) is 0 Å². The van der Waals surface area contributed by atoms with Crippen molar-refractivity contribution >= 4 is 28.3 Å². The first-order chi connectivity index (χ1) is 12.2. The van der Waals surface area contributed by atoms with Crippen LogP contribution in [0.4, 0.5) is 10.8 Å². The first kappa shape index (κ1) is 17.7. The van der Waals surface area contributed by atoms with Gasteiger partial charge in [-0.2, -0.15) is 4.37 Å². The number of nitrogen functional groups attached to an aromatic ring is 1. The van der Waals surface area contributed by atoms with Crippen LogP contribution in [0.15, 0.2) is 24.3 Å². The fourth-order valence-corrected chi connectivity index (χ4v) is 3.84. The molecule has 0 spiro atoms. The van der Waals surface area contributed by atoms with Crippen molar-refractivity contribution in [2.45, 2.75) is 32.6 Å². The lowest BCUT2D eigenvalue weighted by atomic mass is 10.1. The molecular weight excluding hydrogens is 334 g/mol. The molecule has 0 unspecified atom stereocenters. The lowest BCUT2D eigenvalue weighted by molar-refractivity contribution is -0.130. The molecule has 1 aromatic carbocycles. The number of anilines is 2. The van der Waals surface area contributed by atoms with Crippen molar-refractivity contribution in [2.75, 3.05) is 36.8 Å². The second-order valence-corrected chi connectivity index (χ2v) is 7.00. The maximum atomic E-state index is 12.6. The molecule has 1 amide bonds. The summed E-state index contributed by atoms with van der Waals surface area (Å²) >= 11 is 1.46. The third-order valence-corrected chi connectivity index (χ3v) is 5.37. The topological polar surface area (TPSA) is 75.4 Å². The van der Waals surface area contributed by atoms with Gasteiger partial charge in [-0.3, -0.25) is 4.79 Å². The number of aryl methyl sites for hydroxylation is 2. The first-order valence-corrected chi connectivity index (χ1v) is 9.63. The molecule has 2 aromatic rings. The van der Waals surface area contributed by atoms with Crippen LogP contribution in [-0.4, -0.2) is 46.3 Å². The number of carbonyl (C=O) groups excluding carboxylic acids is 1. The van der Waals surface area contributed by atoms with E-state index >= 15 is 0 Å². The van der Waals surface area contributed by atoms with E-state index in [1.165, 1.54) is 11.5 Å². The molecule has 25 heavy (non-hydrogen) atoms. The second kappa shape index (κ2) is 8.29. The maximum Gasteiger partial charge on any atom is 0.222 e. The molecule has 1 aromatic heterocycles. The van der Waals surface area contributed by atoms with E-state index < -0.39 is 0 Å². The van der Waals surface area contributed by atoms with Gasteiger partial charge < -0.3 is 15.5 Å². The van der Waals surface area contributed by atoms with Crippen LogP contribution in [0.1, 0.15) is 31.2 Å². The van der Waals surface area contributed by atoms with Crippen molar-refractivity contribution in [1.82, 2.24) is 14.3 Å². The first-order valence-electron chi connectivity index (χ1n) is 8.86. The lowest BCUT2D eigenvalue weighted by Gasteiger charge is -2.21. The van der Waals surface area contributed by atoms with Crippen molar-refractivity contribution < 1.29 is 4.79 Å². The van der Waals surface area contributed by atoms with Crippen LogP contribution in [0.2, 0.25) is 0 Å². The van der Waals surface area contributed by atoms with Gasteiger partial charge in [-0.05, 0) is 24.5 Å². The predicted octanol–water partition coefficient (Wildman–Crippen LogP) is 2.35. The summed E-state index contributed by atoms with van der Waals surface area (Å²) in [6.07, 6.45) is 3.02. The Morgan fingerprint density at radius 3 is 2.84 bits per heavy atom. The van der Waals surface area contributed by atoms with Gasteiger partial charge in [0.1, 0.15) is 5.82 Å². The van der Waals surface area contributed by atoms with Gasteiger partial charge in [0, 0.05) is 56.2 Å². The van der Waals surface area contributed by atoms with Gasteiger partial charge in [-0.25, -0.2) is 4.98 Å². The third-order valence-electron chi connectivity index (χ3n) is 4.56. The Hall–Kier alpha value is -2.15. The Bertz CT molecular complexity index is 717. The molecule has 7 heteroatoms. The van der Waals surface area contributed by atoms with Gasteiger partial charge in [-0.1, -0.05) is 25.1 Å². The molecule has 0 bridgehead atoms. The van der Waals surface area contributed by atoms with Crippen molar-refractivity contribution in [3.8, 4) is 0 Å². The average Bonchev–Trinajstić information content (AvgIpc) is 2.97. The molecular formula is C18H25N5OS. The highest BCUT2D eigenvalue weighted by Gasteiger charge is 2.21. The summed E-state index contributed by atoms with van der Waals surface area (Å²) in [6, 6.07) is 7.76.